The molecule has 1 aromatic carbocycles. The number of nitrogens with zero attached hydrogens (tertiary/aromatic N) is 3. The predicted molar refractivity (Wildman–Crippen MR) is 90.8 cm³/mol. The molecule has 1 aliphatic rings. The number of piperazine rings is 1. The number of rotatable bonds is 2. The van der Waals surface area contributed by atoms with Crippen molar-refractivity contribution in [3.63, 3.8) is 0 Å². The molecule has 1 aliphatic heterocycles. The molecule has 0 aliphatic carbocycles. The second kappa shape index (κ2) is 7.20. The highest BCUT2D eigenvalue weighted by molar-refractivity contribution is 6.34. The maximum absolute atomic E-state index is 12.0. The first kappa shape index (κ1) is 17.6. The molecule has 5 nitrogen and oxygen atoms in total. The zero-order valence-corrected chi connectivity index (χ0v) is 14.6. The van der Waals surface area contributed by atoms with Crippen molar-refractivity contribution in [3.8, 4) is 0 Å². The molecule has 2 rings (SSSR count). The third-order valence-corrected chi connectivity index (χ3v) is 4.03. The van der Waals surface area contributed by atoms with Gasteiger partial charge in [0.25, 0.3) is 0 Å². The molecule has 0 saturated carbocycles. The monoisotopic (exact) mass is 335 g/mol. The van der Waals surface area contributed by atoms with Crippen LogP contribution in [-0.2, 0) is 11.3 Å². The summed E-state index contributed by atoms with van der Waals surface area (Å²) in [7, 11) is 0. The van der Waals surface area contributed by atoms with Crippen LogP contribution in [-0.4, -0.2) is 47.7 Å². The average Bonchev–Trinajstić information content (AvgIpc) is 2.48. The molecule has 1 heterocycles. The number of benzene rings is 1. The normalized spacial score (nSPS) is 16.0. The Bertz CT molecular complexity index is 611. The van der Waals surface area contributed by atoms with Gasteiger partial charge >= 0.3 is 6.09 Å². The molecule has 1 amide bonds. The first-order valence-electron chi connectivity index (χ1n) is 7.65. The van der Waals surface area contributed by atoms with Crippen molar-refractivity contribution in [2.24, 2.45) is 0 Å². The van der Waals surface area contributed by atoms with Crippen molar-refractivity contribution < 1.29 is 9.53 Å². The molecule has 1 saturated heterocycles. The topological polar surface area (TPSA) is 37.1 Å². The highest BCUT2D eigenvalue weighted by Crippen LogP contribution is 2.29. The Morgan fingerprint density at radius 2 is 1.96 bits per heavy atom. The summed E-state index contributed by atoms with van der Waals surface area (Å²) in [5.74, 6) is 0. The number of carbonyl (C=O) groups is 1. The maximum atomic E-state index is 12.0. The lowest BCUT2D eigenvalue weighted by Gasteiger charge is -2.35. The lowest BCUT2D eigenvalue weighted by Crippen LogP contribution is -2.49. The van der Waals surface area contributed by atoms with Crippen molar-refractivity contribution in [3.05, 3.63) is 40.2 Å². The molecular formula is C17H22ClN3O2. The van der Waals surface area contributed by atoms with Gasteiger partial charge in [0.1, 0.15) is 5.60 Å². The fourth-order valence-electron chi connectivity index (χ4n) is 2.43. The minimum atomic E-state index is -0.470. The van der Waals surface area contributed by atoms with E-state index >= 15 is 0 Å². The van der Waals surface area contributed by atoms with Gasteiger partial charge in [0.05, 0.1) is 11.6 Å². The highest BCUT2D eigenvalue weighted by Gasteiger charge is 2.26. The minimum absolute atomic E-state index is 0.259. The Morgan fingerprint density at radius 1 is 1.30 bits per heavy atom. The van der Waals surface area contributed by atoms with Crippen LogP contribution in [0.1, 0.15) is 26.3 Å². The van der Waals surface area contributed by atoms with Crippen molar-refractivity contribution in [1.82, 2.24) is 9.80 Å². The van der Waals surface area contributed by atoms with E-state index in [1.165, 1.54) is 0 Å². The van der Waals surface area contributed by atoms with Gasteiger partial charge in [-0.25, -0.2) is 9.64 Å². The first-order valence-corrected chi connectivity index (χ1v) is 8.03. The van der Waals surface area contributed by atoms with Gasteiger partial charge in [-0.1, -0.05) is 29.8 Å². The van der Waals surface area contributed by atoms with Crippen molar-refractivity contribution >= 4 is 23.4 Å². The molecule has 124 valence electrons. The molecule has 0 N–H and O–H groups in total. The van der Waals surface area contributed by atoms with Crippen LogP contribution in [0.2, 0.25) is 5.02 Å². The molecule has 0 bridgehead atoms. The van der Waals surface area contributed by atoms with Crippen LogP contribution < -0.4 is 0 Å². The molecule has 0 unspecified atom stereocenters. The lowest BCUT2D eigenvalue weighted by molar-refractivity contribution is 0.0139. The largest absolute Gasteiger partial charge is 0.444 e. The quantitative estimate of drug-likeness (QED) is 0.768. The molecule has 23 heavy (non-hydrogen) atoms. The molecule has 0 aromatic heterocycles. The van der Waals surface area contributed by atoms with Gasteiger partial charge in [-0.3, -0.25) is 4.90 Å². The fourth-order valence-corrected chi connectivity index (χ4v) is 2.66. The third kappa shape index (κ3) is 4.85. The van der Waals surface area contributed by atoms with Gasteiger partial charge in [0.2, 0.25) is 5.69 Å². The Kier molecular flexibility index (Phi) is 5.51. The van der Waals surface area contributed by atoms with E-state index in [9.17, 15) is 4.79 Å². The first-order chi connectivity index (χ1) is 10.8. The average molecular weight is 336 g/mol. The van der Waals surface area contributed by atoms with E-state index in [2.05, 4.69) is 9.74 Å². The number of ether oxygens (including phenoxy) is 1. The van der Waals surface area contributed by atoms with Crippen LogP contribution in [0.3, 0.4) is 0 Å². The van der Waals surface area contributed by atoms with Crippen LogP contribution in [0.25, 0.3) is 4.85 Å². The molecular weight excluding hydrogens is 314 g/mol. The second-order valence-corrected chi connectivity index (χ2v) is 6.98. The molecule has 6 heteroatoms. The van der Waals surface area contributed by atoms with Crippen LogP contribution >= 0.6 is 11.6 Å². The van der Waals surface area contributed by atoms with E-state index in [0.717, 1.165) is 18.7 Å². The van der Waals surface area contributed by atoms with Crippen LogP contribution in [0, 0.1) is 6.57 Å². The zero-order valence-electron chi connectivity index (χ0n) is 13.8. The number of hydrogen-bond donors (Lipinski definition) is 0. The van der Waals surface area contributed by atoms with E-state index in [0.29, 0.717) is 30.3 Å². The summed E-state index contributed by atoms with van der Waals surface area (Å²) < 4.78 is 5.39. The summed E-state index contributed by atoms with van der Waals surface area (Å²) in [6.07, 6.45) is -0.259. The summed E-state index contributed by atoms with van der Waals surface area (Å²) in [6, 6.07) is 5.52. The number of carbonyl (C=O) groups excluding carboxylic acids is 1. The van der Waals surface area contributed by atoms with Crippen LogP contribution in [0.15, 0.2) is 18.2 Å². The summed E-state index contributed by atoms with van der Waals surface area (Å²) in [5.41, 5.74) is 0.963. The van der Waals surface area contributed by atoms with Gasteiger partial charge in [-0.15, -0.1) is 0 Å². The maximum Gasteiger partial charge on any atom is 0.410 e. The van der Waals surface area contributed by atoms with E-state index < -0.39 is 5.60 Å². The molecule has 0 radical (unpaired) electrons. The second-order valence-electron chi connectivity index (χ2n) is 6.61. The fraction of sp³-hybridized carbons (Fsp3) is 0.529. The van der Waals surface area contributed by atoms with E-state index in [1.54, 1.807) is 11.0 Å². The standard InChI is InChI=1S/C17H22ClN3O2/c1-17(2,3)23-16(22)21-10-8-20(9-11-21)12-13-6-5-7-14(19-4)15(13)18/h5-7H,8-12H2,1-3H3. The van der Waals surface area contributed by atoms with E-state index in [1.807, 2.05) is 32.9 Å². The van der Waals surface area contributed by atoms with Crippen LogP contribution in [0.4, 0.5) is 10.5 Å². The summed E-state index contributed by atoms with van der Waals surface area (Å²) >= 11 is 6.25. The highest BCUT2D eigenvalue weighted by atomic mass is 35.5. The van der Waals surface area contributed by atoms with Gasteiger partial charge in [-0.2, -0.15) is 0 Å². The molecule has 0 spiro atoms. The Balaban J connectivity index is 1.91. The van der Waals surface area contributed by atoms with Gasteiger partial charge in [0.15, 0.2) is 0 Å². The molecule has 1 aromatic rings. The molecule has 0 atom stereocenters. The van der Waals surface area contributed by atoms with Gasteiger partial charge in [0, 0.05) is 32.7 Å². The number of hydrogen-bond acceptors (Lipinski definition) is 3. The van der Waals surface area contributed by atoms with Gasteiger partial charge < -0.3 is 9.64 Å². The molecule has 1 fully saturated rings. The van der Waals surface area contributed by atoms with E-state index in [4.69, 9.17) is 22.9 Å². The number of halogens is 1. The van der Waals surface area contributed by atoms with Crippen molar-refractivity contribution in [2.45, 2.75) is 32.9 Å². The third-order valence-electron chi connectivity index (χ3n) is 3.60. The summed E-state index contributed by atoms with van der Waals surface area (Å²) in [4.78, 5) is 19.4. The predicted octanol–water partition coefficient (Wildman–Crippen LogP) is 3.94. The number of amides is 1. The smallest absolute Gasteiger partial charge is 0.410 e. The van der Waals surface area contributed by atoms with Crippen molar-refractivity contribution in [2.75, 3.05) is 26.2 Å². The minimum Gasteiger partial charge on any atom is -0.444 e. The summed E-state index contributed by atoms with van der Waals surface area (Å²) in [5, 5.41) is 0.525. The van der Waals surface area contributed by atoms with Gasteiger partial charge in [-0.05, 0) is 26.3 Å². The zero-order chi connectivity index (χ0) is 17.0. The Labute approximate surface area is 142 Å². The Hall–Kier alpha value is -1.77. The van der Waals surface area contributed by atoms with Crippen LogP contribution in [0.5, 0.6) is 0 Å². The SMILES string of the molecule is [C-]#[N+]c1cccc(CN2CCN(C(=O)OC(C)(C)C)CC2)c1Cl. The Morgan fingerprint density at radius 3 is 2.52 bits per heavy atom. The summed E-state index contributed by atoms with van der Waals surface area (Å²) in [6.45, 7) is 16.2. The lowest BCUT2D eigenvalue weighted by atomic mass is 10.1. The van der Waals surface area contributed by atoms with Crippen molar-refractivity contribution in [1.29, 1.82) is 0 Å². The van der Waals surface area contributed by atoms with E-state index in [-0.39, 0.29) is 6.09 Å².